The monoisotopic (exact) mass is 370 g/mol. The molecular weight excluding hydrogens is 340 g/mol. The van der Waals surface area contributed by atoms with Crippen molar-refractivity contribution >= 4 is 23.3 Å². The third-order valence-corrected chi connectivity index (χ3v) is 5.55. The number of amidine groups is 1. The zero-order valence-electron chi connectivity index (χ0n) is 16.6. The van der Waals surface area contributed by atoms with Crippen LogP contribution in [0.15, 0.2) is 29.3 Å². The van der Waals surface area contributed by atoms with Crippen molar-refractivity contribution in [3.63, 3.8) is 0 Å². The average Bonchev–Trinajstić information content (AvgIpc) is 2.78. The van der Waals surface area contributed by atoms with E-state index in [0.717, 1.165) is 17.7 Å². The number of hydrogen-bond donors (Lipinski definition) is 1. The van der Waals surface area contributed by atoms with E-state index in [9.17, 15) is 9.59 Å². The molecule has 6 heteroatoms. The molecule has 1 aliphatic carbocycles. The van der Waals surface area contributed by atoms with Gasteiger partial charge in [0.15, 0.2) is 0 Å². The number of carbonyl (C=O) groups excluding carboxylic acids is 2. The summed E-state index contributed by atoms with van der Waals surface area (Å²) < 4.78 is 0. The fourth-order valence-electron chi connectivity index (χ4n) is 3.99. The summed E-state index contributed by atoms with van der Waals surface area (Å²) >= 11 is 0. The summed E-state index contributed by atoms with van der Waals surface area (Å²) in [5.74, 6) is 1.02. The number of aliphatic imine (C=N–C) groups is 1. The first-order valence-electron chi connectivity index (χ1n) is 9.89. The van der Waals surface area contributed by atoms with Gasteiger partial charge in [-0.3, -0.25) is 9.59 Å². The Morgan fingerprint density at radius 1 is 1.22 bits per heavy atom. The van der Waals surface area contributed by atoms with E-state index in [2.05, 4.69) is 10.3 Å². The number of anilines is 1. The van der Waals surface area contributed by atoms with Gasteiger partial charge in [-0.15, -0.1) is 0 Å². The molecular formula is C21H30N4O2. The van der Waals surface area contributed by atoms with Crippen LogP contribution in [-0.4, -0.2) is 49.9 Å². The van der Waals surface area contributed by atoms with Gasteiger partial charge in [-0.05, 0) is 24.5 Å². The Balaban J connectivity index is 1.73. The normalized spacial score (nSPS) is 20.6. The summed E-state index contributed by atoms with van der Waals surface area (Å²) in [5.41, 5.74) is 1.69. The summed E-state index contributed by atoms with van der Waals surface area (Å²) in [6.07, 6.45) is 6.75. The lowest BCUT2D eigenvalue weighted by atomic mass is 9.86. The van der Waals surface area contributed by atoms with Crippen molar-refractivity contribution < 1.29 is 9.59 Å². The van der Waals surface area contributed by atoms with Crippen LogP contribution < -0.4 is 10.2 Å². The molecule has 1 heterocycles. The third kappa shape index (κ3) is 4.49. The molecule has 0 spiro atoms. The van der Waals surface area contributed by atoms with Crippen molar-refractivity contribution in [1.82, 2.24) is 10.2 Å². The Bertz CT molecular complexity index is 723. The zero-order chi connectivity index (χ0) is 19.4. The fraction of sp³-hybridized carbons (Fsp3) is 0.571. The van der Waals surface area contributed by atoms with Gasteiger partial charge in [-0.25, -0.2) is 4.99 Å². The molecule has 2 aliphatic rings. The van der Waals surface area contributed by atoms with Gasteiger partial charge in [-0.1, -0.05) is 44.2 Å². The standard InChI is InChI=1S/C21H30N4O2/c1-24(2)20-16-11-7-8-12-17(16)25(3)21(27)19(23-20)22-18(26)14-13-15-9-5-4-6-10-15/h7-8,11-12,15,19H,4-6,9-10,13-14H2,1-3H3,(H,22,26). The maximum absolute atomic E-state index is 12.9. The van der Waals surface area contributed by atoms with Crippen LogP contribution in [0.3, 0.4) is 0 Å². The molecule has 146 valence electrons. The van der Waals surface area contributed by atoms with Gasteiger partial charge in [0.05, 0.1) is 5.69 Å². The Kier molecular flexibility index (Phi) is 6.14. The van der Waals surface area contributed by atoms with Crippen LogP contribution in [0.25, 0.3) is 0 Å². The predicted octanol–water partition coefficient (Wildman–Crippen LogP) is 2.77. The first-order valence-corrected chi connectivity index (χ1v) is 9.89. The van der Waals surface area contributed by atoms with Crippen molar-refractivity contribution in [3.8, 4) is 0 Å². The lowest BCUT2D eigenvalue weighted by Gasteiger charge is -2.22. The molecule has 0 radical (unpaired) electrons. The number of benzene rings is 1. The van der Waals surface area contributed by atoms with Crippen molar-refractivity contribution in [2.75, 3.05) is 26.0 Å². The number of para-hydroxylation sites is 1. The largest absolute Gasteiger partial charge is 0.362 e. The number of nitrogens with zero attached hydrogens (tertiary/aromatic N) is 3. The Morgan fingerprint density at radius 2 is 1.93 bits per heavy atom. The van der Waals surface area contributed by atoms with Crippen LogP contribution in [0.4, 0.5) is 5.69 Å². The average molecular weight is 370 g/mol. The minimum Gasteiger partial charge on any atom is -0.362 e. The molecule has 6 nitrogen and oxygen atoms in total. The van der Waals surface area contributed by atoms with Crippen molar-refractivity contribution in [1.29, 1.82) is 0 Å². The summed E-state index contributed by atoms with van der Waals surface area (Å²) in [5, 5.41) is 2.85. The minimum absolute atomic E-state index is 0.0971. The first kappa shape index (κ1) is 19.4. The second-order valence-electron chi connectivity index (χ2n) is 7.77. The van der Waals surface area contributed by atoms with Crippen molar-refractivity contribution in [3.05, 3.63) is 29.8 Å². The van der Waals surface area contributed by atoms with Crippen LogP contribution in [0, 0.1) is 5.92 Å². The molecule has 1 aromatic rings. The molecule has 27 heavy (non-hydrogen) atoms. The minimum atomic E-state index is -0.890. The maximum atomic E-state index is 12.9. The topological polar surface area (TPSA) is 65.0 Å². The van der Waals surface area contributed by atoms with E-state index in [0.29, 0.717) is 18.2 Å². The Hall–Kier alpha value is -2.37. The van der Waals surface area contributed by atoms with Crippen LogP contribution >= 0.6 is 0 Å². The highest BCUT2D eigenvalue weighted by atomic mass is 16.2. The quantitative estimate of drug-likeness (QED) is 0.886. The zero-order valence-corrected chi connectivity index (χ0v) is 16.6. The van der Waals surface area contributed by atoms with Crippen LogP contribution in [0.1, 0.15) is 50.5 Å². The molecule has 1 fully saturated rings. The second kappa shape index (κ2) is 8.55. The van der Waals surface area contributed by atoms with Gasteiger partial charge in [0.1, 0.15) is 5.84 Å². The lowest BCUT2D eigenvalue weighted by Crippen LogP contribution is -2.46. The molecule has 1 saturated carbocycles. The summed E-state index contributed by atoms with van der Waals surface area (Å²) in [7, 11) is 5.53. The summed E-state index contributed by atoms with van der Waals surface area (Å²) in [4.78, 5) is 33.5. The van der Waals surface area contributed by atoms with Gasteiger partial charge in [-0.2, -0.15) is 0 Å². The van der Waals surface area contributed by atoms with Gasteiger partial charge < -0.3 is 15.1 Å². The molecule has 0 saturated heterocycles. The van der Waals surface area contributed by atoms with Crippen LogP contribution in [0.2, 0.25) is 0 Å². The van der Waals surface area contributed by atoms with Gasteiger partial charge >= 0.3 is 0 Å². The molecule has 1 atom stereocenters. The molecule has 1 unspecified atom stereocenters. The second-order valence-corrected chi connectivity index (χ2v) is 7.77. The third-order valence-electron chi connectivity index (χ3n) is 5.55. The van der Waals surface area contributed by atoms with Gasteiger partial charge in [0, 0.05) is 33.1 Å². The molecule has 1 N–H and O–H groups in total. The molecule has 0 bridgehead atoms. The summed E-state index contributed by atoms with van der Waals surface area (Å²) in [6, 6.07) is 7.68. The maximum Gasteiger partial charge on any atom is 0.272 e. The van der Waals surface area contributed by atoms with E-state index in [4.69, 9.17) is 0 Å². The molecule has 1 aliphatic heterocycles. The number of benzodiazepines with no additional fused rings is 1. The van der Waals surface area contributed by atoms with Crippen LogP contribution in [0.5, 0.6) is 0 Å². The number of carbonyl (C=O) groups is 2. The number of amides is 2. The van der Waals surface area contributed by atoms with E-state index < -0.39 is 6.17 Å². The lowest BCUT2D eigenvalue weighted by molar-refractivity contribution is -0.127. The van der Waals surface area contributed by atoms with E-state index in [1.165, 1.54) is 32.1 Å². The first-order chi connectivity index (χ1) is 13.0. The van der Waals surface area contributed by atoms with Gasteiger partial charge in [0.2, 0.25) is 12.1 Å². The predicted molar refractivity (Wildman–Crippen MR) is 108 cm³/mol. The van der Waals surface area contributed by atoms with Gasteiger partial charge in [0.25, 0.3) is 5.91 Å². The highest BCUT2D eigenvalue weighted by Gasteiger charge is 2.31. The number of likely N-dealkylation sites (N-methyl/N-ethyl adjacent to an activating group) is 1. The highest BCUT2D eigenvalue weighted by molar-refractivity contribution is 6.12. The van der Waals surface area contributed by atoms with E-state index in [1.807, 2.05) is 43.3 Å². The molecule has 0 aromatic heterocycles. The Labute approximate surface area is 161 Å². The molecule has 3 rings (SSSR count). The van der Waals surface area contributed by atoms with Crippen molar-refractivity contribution in [2.24, 2.45) is 10.9 Å². The number of fused-ring (bicyclic) bond motifs is 1. The highest BCUT2D eigenvalue weighted by Crippen LogP contribution is 2.28. The number of hydrogen-bond acceptors (Lipinski definition) is 4. The number of rotatable bonds is 4. The van der Waals surface area contributed by atoms with E-state index in [-0.39, 0.29) is 11.8 Å². The Morgan fingerprint density at radius 3 is 2.63 bits per heavy atom. The fourth-order valence-corrected chi connectivity index (χ4v) is 3.99. The molecule has 1 aromatic carbocycles. The van der Waals surface area contributed by atoms with E-state index >= 15 is 0 Å². The van der Waals surface area contributed by atoms with Crippen molar-refractivity contribution in [2.45, 2.75) is 51.1 Å². The summed E-state index contributed by atoms with van der Waals surface area (Å²) in [6.45, 7) is 0. The van der Waals surface area contributed by atoms with Crippen LogP contribution in [-0.2, 0) is 9.59 Å². The number of nitrogens with one attached hydrogen (secondary N) is 1. The SMILES string of the molecule is CN(C)C1=NC(NC(=O)CCC2CCCCC2)C(=O)N(C)c2ccccc21. The van der Waals surface area contributed by atoms with E-state index in [1.54, 1.807) is 11.9 Å². The smallest absolute Gasteiger partial charge is 0.272 e. The molecule has 2 amide bonds.